The lowest BCUT2D eigenvalue weighted by molar-refractivity contribution is -0.135. The van der Waals surface area contributed by atoms with Crippen LogP contribution in [0.2, 0.25) is 0 Å². The number of aryl methyl sites for hydroxylation is 1. The Labute approximate surface area is 159 Å². The number of aliphatic hydroxyl groups is 1. The maximum absolute atomic E-state index is 12.6. The number of hydrogen-bond acceptors (Lipinski definition) is 5. The highest BCUT2D eigenvalue weighted by molar-refractivity contribution is 5.78. The van der Waals surface area contributed by atoms with Gasteiger partial charge < -0.3 is 19.1 Å². The Bertz CT molecular complexity index is 826. The highest BCUT2D eigenvalue weighted by atomic mass is 16.3. The summed E-state index contributed by atoms with van der Waals surface area (Å²) in [6.45, 7) is 7.51. The summed E-state index contributed by atoms with van der Waals surface area (Å²) in [4.78, 5) is 16.7. The molecule has 4 rings (SSSR count). The molecule has 0 unspecified atom stereocenters. The lowest BCUT2D eigenvalue weighted by Gasteiger charge is -2.30. The number of carbonyl (C=O) groups excluding carboxylic acids is 1. The molecule has 8 heteroatoms. The standard InChI is InChI=1S/C19H28N6O2/c1-13(2)19(27)25-11-15(26)9-16(25)18-21-20-17-12-23(7-8-24(17)18)10-14-5-4-6-22(14)3/h4-6,13,15-16,26H,7-12H2,1-3H3/t15-,16+/m1/s1. The number of aliphatic hydroxyl groups excluding tert-OH is 1. The van der Waals surface area contributed by atoms with E-state index in [9.17, 15) is 9.90 Å². The zero-order valence-corrected chi connectivity index (χ0v) is 16.2. The molecule has 1 saturated heterocycles. The van der Waals surface area contributed by atoms with Crippen LogP contribution in [0, 0.1) is 5.92 Å². The van der Waals surface area contributed by atoms with Crippen molar-refractivity contribution in [2.24, 2.45) is 13.0 Å². The fourth-order valence-corrected chi connectivity index (χ4v) is 4.14. The molecule has 0 aliphatic carbocycles. The van der Waals surface area contributed by atoms with Crippen molar-refractivity contribution in [2.45, 2.75) is 52.0 Å². The maximum atomic E-state index is 12.6. The molecule has 0 saturated carbocycles. The smallest absolute Gasteiger partial charge is 0.225 e. The summed E-state index contributed by atoms with van der Waals surface area (Å²) >= 11 is 0. The van der Waals surface area contributed by atoms with Crippen molar-refractivity contribution < 1.29 is 9.90 Å². The topological polar surface area (TPSA) is 79.4 Å². The third kappa shape index (κ3) is 3.39. The second-order valence-electron chi connectivity index (χ2n) is 8.00. The van der Waals surface area contributed by atoms with Gasteiger partial charge in [-0.2, -0.15) is 0 Å². The minimum Gasteiger partial charge on any atom is -0.391 e. The van der Waals surface area contributed by atoms with E-state index >= 15 is 0 Å². The predicted octanol–water partition coefficient (Wildman–Crippen LogP) is 0.923. The second-order valence-corrected chi connectivity index (χ2v) is 8.00. The van der Waals surface area contributed by atoms with Crippen LogP contribution < -0.4 is 0 Å². The summed E-state index contributed by atoms with van der Waals surface area (Å²) in [7, 11) is 2.06. The monoisotopic (exact) mass is 372 g/mol. The minimum absolute atomic E-state index is 0.0649. The fourth-order valence-electron chi connectivity index (χ4n) is 4.14. The maximum Gasteiger partial charge on any atom is 0.225 e. The van der Waals surface area contributed by atoms with Crippen molar-refractivity contribution in [3.63, 3.8) is 0 Å². The van der Waals surface area contributed by atoms with Crippen molar-refractivity contribution in [2.75, 3.05) is 13.1 Å². The van der Waals surface area contributed by atoms with E-state index in [0.29, 0.717) is 13.0 Å². The molecular weight excluding hydrogens is 344 g/mol. The molecule has 2 aromatic rings. The average Bonchev–Trinajstić information content (AvgIpc) is 3.33. The van der Waals surface area contributed by atoms with E-state index < -0.39 is 6.10 Å². The van der Waals surface area contributed by atoms with Crippen LogP contribution in [0.4, 0.5) is 0 Å². The highest BCUT2D eigenvalue weighted by Crippen LogP contribution is 2.33. The first-order valence-corrected chi connectivity index (χ1v) is 9.67. The van der Waals surface area contributed by atoms with Gasteiger partial charge in [0, 0.05) is 57.5 Å². The molecule has 1 N–H and O–H groups in total. The average molecular weight is 372 g/mol. The Morgan fingerprint density at radius 2 is 2.15 bits per heavy atom. The Morgan fingerprint density at radius 3 is 2.85 bits per heavy atom. The van der Waals surface area contributed by atoms with Crippen LogP contribution >= 0.6 is 0 Å². The zero-order chi connectivity index (χ0) is 19.1. The van der Waals surface area contributed by atoms with Crippen LogP contribution in [0.25, 0.3) is 0 Å². The first kappa shape index (κ1) is 18.2. The SMILES string of the molecule is CC(C)C(=O)N1C[C@H](O)C[C@H]1c1nnc2n1CCN(Cc1cccn1C)C2. The zero-order valence-electron chi connectivity index (χ0n) is 16.2. The van der Waals surface area contributed by atoms with Crippen molar-refractivity contribution in [3.8, 4) is 0 Å². The molecule has 146 valence electrons. The summed E-state index contributed by atoms with van der Waals surface area (Å²) in [6, 6.07) is 4.02. The third-order valence-electron chi connectivity index (χ3n) is 5.65. The van der Waals surface area contributed by atoms with E-state index in [4.69, 9.17) is 0 Å². The van der Waals surface area contributed by atoms with Crippen LogP contribution in [0.3, 0.4) is 0 Å². The molecule has 0 aromatic carbocycles. The van der Waals surface area contributed by atoms with Crippen LogP contribution in [0.5, 0.6) is 0 Å². The largest absolute Gasteiger partial charge is 0.391 e. The molecule has 4 heterocycles. The predicted molar refractivity (Wildman–Crippen MR) is 99.5 cm³/mol. The Kier molecular flexibility index (Phi) is 4.77. The number of fused-ring (bicyclic) bond motifs is 1. The Morgan fingerprint density at radius 1 is 1.33 bits per heavy atom. The van der Waals surface area contributed by atoms with Gasteiger partial charge in [-0.15, -0.1) is 10.2 Å². The number of β-amino-alcohol motifs (C(OH)–C–C–N with tert-alkyl or cyclic N) is 1. The lowest BCUT2D eigenvalue weighted by atomic mass is 10.1. The Hall–Kier alpha value is -2.19. The van der Waals surface area contributed by atoms with Crippen molar-refractivity contribution in [1.29, 1.82) is 0 Å². The molecule has 2 aliphatic rings. The number of rotatable bonds is 4. The molecule has 0 bridgehead atoms. The number of carbonyl (C=O) groups is 1. The van der Waals surface area contributed by atoms with Gasteiger partial charge in [-0.3, -0.25) is 9.69 Å². The van der Waals surface area contributed by atoms with Crippen LogP contribution in [0.15, 0.2) is 18.3 Å². The molecule has 0 radical (unpaired) electrons. The van der Waals surface area contributed by atoms with E-state index in [2.05, 4.69) is 49.6 Å². The molecule has 1 amide bonds. The van der Waals surface area contributed by atoms with Gasteiger partial charge in [-0.05, 0) is 12.1 Å². The molecular formula is C19H28N6O2. The summed E-state index contributed by atoms with van der Waals surface area (Å²) in [6.07, 6.45) is 2.10. The van der Waals surface area contributed by atoms with E-state index in [-0.39, 0.29) is 17.9 Å². The lowest BCUT2D eigenvalue weighted by Crippen LogP contribution is -2.38. The number of amides is 1. The number of nitrogens with zero attached hydrogens (tertiary/aromatic N) is 6. The van der Waals surface area contributed by atoms with Crippen molar-refractivity contribution in [3.05, 3.63) is 35.7 Å². The van der Waals surface area contributed by atoms with Gasteiger partial charge in [0.2, 0.25) is 5.91 Å². The summed E-state index contributed by atoms with van der Waals surface area (Å²) in [5.41, 5.74) is 1.27. The molecule has 27 heavy (non-hydrogen) atoms. The van der Waals surface area contributed by atoms with Gasteiger partial charge in [-0.25, -0.2) is 0 Å². The van der Waals surface area contributed by atoms with E-state index in [0.717, 1.165) is 37.8 Å². The van der Waals surface area contributed by atoms with Gasteiger partial charge in [0.25, 0.3) is 0 Å². The van der Waals surface area contributed by atoms with E-state index in [1.807, 2.05) is 13.8 Å². The summed E-state index contributed by atoms with van der Waals surface area (Å²) in [5.74, 6) is 1.72. The number of likely N-dealkylation sites (tertiary alicyclic amines) is 1. The van der Waals surface area contributed by atoms with Crippen LogP contribution in [-0.4, -0.2) is 59.3 Å². The van der Waals surface area contributed by atoms with E-state index in [1.54, 1.807) is 4.90 Å². The molecule has 2 aliphatic heterocycles. The number of aromatic nitrogens is 4. The van der Waals surface area contributed by atoms with Crippen molar-refractivity contribution in [1.82, 2.24) is 29.1 Å². The second kappa shape index (κ2) is 7.09. The molecule has 1 fully saturated rings. The molecule has 8 nitrogen and oxygen atoms in total. The first-order chi connectivity index (χ1) is 12.9. The van der Waals surface area contributed by atoms with Gasteiger partial charge in [-0.1, -0.05) is 13.8 Å². The molecule has 2 aromatic heterocycles. The summed E-state index contributed by atoms with van der Waals surface area (Å²) in [5, 5.41) is 19.0. The number of hydrogen-bond donors (Lipinski definition) is 1. The van der Waals surface area contributed by atoms with E-state index in [1.165, 1.54) is 5.69 Å². The van der Waals surface area contributed by atoms with Crippen LogP contribution in [0.1, 0.15) is 43.7 Å². The van der Waals surface area contributed by atoms with Gasteiger partial charge >= 0.3 is 0 Å². The summed E-state index contributed by atoms with van der Waals surface area (Å²) < 4.78 is 4.28. The van der Waals surface area contributed by atoms with Gasteiger partial charge in [0.1, 0.15) is 5.82 Å². The first-order valence-electron chi connectivity index (χ1n) is 9.67. The van der Waals surface area contributed by atoms with Gasteiger partial charge in [0.15, 0.2) is 5.82 Å². The van der Waals surface area contributed by atoms with Gasteiger partial charge in [0.05, 0.1) is 18.7 Å². The highest BCUT2D eigenvalue weighted by Gasteiger charge is 2.39. The quantitative estimate of drug-likeness (QED) is 0.863. The Balaban J connectivity index is 1.52. The third-order valence-corrected chi connectivity index (χ3v) is 5.65. The molecule has 2 atom stereocenters. The van der Waals surface area contributed by atoms with Crippen molar-refractivity contribution >= 4 is 5.91 Å². The molecule has 0 spiro atoms. The minimum atomic E-state index is -0.497. The van der Waals surface area contributed by atoms with Crippen LogP contribution in [-0.2, 0) is 31.5 Å². The fraction of sp³-hybridized carbons (Fsp3) is 0.632. The normalized spacial score (nSPS) is 23.2.